The lowest BCUT2D eigenvalue weighted by Gasteiger charge is -2.32. The largest absolute Gasteiger partial charge is 0.494 e. The lowest BCUT2D eigenvalue weighted by Crippen LogP contribution is -2.41. The van der Waals surface area contributed by atoms with Crippen LogP contribution in [0.3, 0.4) is 0 Å². The number of piperidine rings is 1. The van der Waals surface area contributed by atoms with E-state index >= 15 is 0 Å². The van der Waals surface area contributed by atoms with Crippen LogP contribution in [0, 0.1) is 5.82 Å². The minimum absolute atomic E-state index is 0.215. The first kappa shape index (κ1) is 14.9. The molecular weight excluding hydrogens is 257 g/mol. The molecule has 2 rings (SSSR count). The van der Waals surface area contributed by atoms with Gasteiger partial charge in [0.1, 0.15) is 0 Å². The number of nitrogens with one attached hydrogen (secondary N) is 1. The Hall–Kier alpha value is -1.49. The van der Waals surface area contributed by atoms with Gasteiger partial charge in [0, 0.05) is 24.7 Å². The van der Waals surface area contributed by atoms with Crippen LogP contribution < -0.4 is 15.8 Å². The second kappa shape index (κ2) is 6.79. The van der Waals surface area contributed by atoms with E-state index in [0.29, 0.717) is 11.7 Å². The predicted molar refractivity (Wildman–Crippen MR) is 80.7 cm³/mol. The van der Waals surface area contributed by atoms with Crippen LogP contribution in [0.25, 0.3) is 0 Å². The van der Waals surface area contributed by atoms with E-state index in [0.717, 1.165) is 25.3 Å². The molecule has 0 amide bonds. The molecule has 1 aromatic rings. The first-order chi connectivity index (χ1) is 9.61. The minimum atomic E-state index is -0.431. The van der Waals surface area contributed by atoms with Crippen molar-refractivity contribution in [1.82, 2.24) is 4.90 Å². The number of methoxy groups -OCH3 is 1. The Morgan fingerprint density at radius 2 is 2.05 bits per heavy atom. The van der Waals surface area contributed by atoms with E-state index in [1.54, 1.807) is 6.07 Å². The summed E-state index contributed by atoms with van der Waals surface area (Å²) in [5.74, 6) is -0.216. The summed E-state index contributed by atoms with van der Waals surface area (Å²) < 4.78 is 18.5. The van der Waals surface area contributed by atoms with E-state index in [1.807, 2.05) is 0 Å². The summed E-state index contributed by atoms with van der Waals surface area (Å²) in [6, 6.07) is 3.35. The number of benzene rings is 1. The molecule has 1 aromatic carbocycles. The zero-order chi connectivity index (χ0) is 14.5. The lowest BCUT2D eigenvalue weighted by molar-refractivity contribution is 0.180. The zero-order valence-electron chi connectivity index (χ0n) is 12.3. The Morgan fingerprint density at radius 1 is 1.35 bits per heavy atom. The number of nitrogens with zero attached hydrogens (tertiary/aromatic N) is 1. The molecule has 1 heterocycles. The van der Waals surface area contributed by atoms with Crippen molar-refractivity contribution in [3.8, 4) is 5.75 Å². The van der Waals surface area contributed by atoms with Gasteiger partial charge in [0.15, 0.2) is 11.6 Å². The molecule has 0 aliphatic carbocycles. The standard InChI is InChI=1S/C15H24FN3O/c1-11(19-6-4-3-5-7-19)10-18-14-9-15(20-2)12(16)8-13(14)17/h8-9,11,18H,3-7,10,17H2,1-2H3. The number of nitrogen functional groups attached to an aromatic ring is 1. The van der Waals surface area contributed by atoms with Crippen LogP contribution in [0.1, 0.15) is 26.2 Å². The number of nitrogens with two attached hydrogens (primary N) is 1. The van der Waals surface area contributed by atoms with E-state index in [1.165, 1.54) is 32.4 Å². The van der Waals surface area contributed by atoms with E-state index in [4.69, 9.17) is 10.5 Å². The third kappa shape index (κ3) is 3.54. The van der Waals surface area contributed by atoms with Gasteiger partial charge in [-0.1, -0.05) is 6.42 Å². The quantitative estimate of drug-likeness (QED) is 0.815. The lowest BCUT2D eigenvalue weighted by atomic mass is 10.1. The molecule has 1 aliphatic heterocycles. The molecule has 5 heteroatoms. The summed E-state index contributed by atoms with van der Waals surface area (Å²) in [5.41, 5.74) is 6.98. The van der Waals surface area contributed by atoms with Crippen molar-refractivity contribution < 1.29 is 9.13 Å². The molecule has 0 saturated carbocycles. The number of hydrogen-bond donors (Lipinski definition) is 2. The first-order valence-corrected chi connectivity index (χ1v) is 7.22. The van der Waals surface area contributed by atoms with Gasteiger partial charge in [0.25, 0.3) is 0 Å². The van der Waals surface area contributed by atoms with Crippen LogP contribution in [0.4, 0.5) is 15.8 Å². The Kier molecular flexibility index (Phi) is 5.06. The molecular formula is C15H24FN3O. The summed E-state index contributed by atoms with van der Waals surface area (Å²) in [6.07, 6.45) is 3.88. The molecule has 20 heavy (non-hydrogen) atoms. The van der Waals surface area contributed by atoms with Gasteiger partial charge < -0.3 is 15.8 Å². The van der Waals surface area contributed by atoms with Crippen LogP contribution in [0.5, 0.6) is 5.75 Å². The summed E-state index contributed by atoms with van der Waals surface area (Å²) >= 11 is 0. The smallest absolute Gasteiger partial charge is 0.167 e. The number of halogens is 1. The van der Waals surface area contributed by atoms with E-state index in [2.05, 4.69) is 17.1 Å². The highest BCUT2D eigenvalue weighted by molar-refractivity contribution is 5.68. The Bertz CT molecular complexity index is 447. The van der Waals surface area contributed by atoms with Crippen LogP contribution in [0.15, 0.2) is 12.1 Å². The molecule has 4 nitrogen and oxygen atoms in total. The number of hydrogen-bond acceptors (Lipinski definition) is 4. The number of ether oxygens (including phenoxy) is 1. The third-order valence-electron chi connectivity index (χ3n) is 3.93. The molecule has 0 aromatic heterocycles. The number of likely N-dealkylation sites (tertiary alicyclic amines) is 1. The number of rotatable bonds is 5. The van der Waals surface area contributed by atoms with Gasteiger partial charge in [-0.25, -0.2) is 4.39 Å². The highest BCUT2D eigenvalue weighted by atomic mass is 19.1. The topological polar surface area (TPSA) is 50.5 Å². The van der Waals surface area contributed by atoms with Gasteiger partial charge in [-0.05, 0) is 32.9 Å². The van der Waals surface area contributed by atoms with Gasteiger partial charge in [-0.3, -0.25) is 4.90 Å². The second-order valence-corrected chi connectivity index (χ2v) is 5.40. The molecule has 1 atom stereocenters. The van der Waals surface area contributed by atoms with Gasteiger partial charge in [0.05, 0.1) is 18.5 Å². The van der Waals surface area contributed by atoms with Gasteiger partial charge in [-0.2, -0.15) is 0 Å². The second-order valence-electron chi connectivity index (χ2n) is 5.40. The SMILES string of the molecule is COc1cc(NCC(C)N2CCCCC2)c(N)cc1F. The summed E-state index contributed by atoms with van der Waals surface area (Å²) in [5, 5.41) is 3.30. The van der Waals surface area contributed by atoms with Crippen molar-refractivity contribution in [1.29, 1.82) is 0 Å². The molecule has 0 radical (unpaired) electrons. The van der Waals surface area contributed by atoms with Crippen molar-refractivity contribution in [2.75, 3.05) is 37.8 Å². The van der Waals surface area contributed by atoms with Crippen LogP contribution in [-0.4, -0.2) is 37.7 Å². The fourth-order valence-corrected chi connectivity index (χ4v) is 2.62. The minimum Gasteiger partial charge on any atom is -0.494 e. The highest BCUT2D eigenvalue weighted by Crippen LogP contribution is 2.28. The number of anilines is 2. The molecule has 1 unspecified atom stereocenters. The molecule has 0 spiro atoms. The highest BCUT2D eigenvalue weighted by Gasteiger charge is 2.17. The van der Waals surface area contributed by atoms with Crippen molar-refractivity contribution >= 4 is 11.4 Å². The van der Waals surface area contributed by atoms with E-state index in [-0.39, 0.29) is 5.75 Å². The first-order valence-electron chi connectivity index (χ1n) is 7.22. The van der Waals surface area contributed by atoms with Crippen molar-refractivity contribution in [2.45, 2.75) is 32.2 Å². The van der Waals surface area contributed by atoms with Crippen LogP contribution in [-0.2, 0) is 0 Å². The van der Waals surface area contributed by atoms with Gasteiger partial charge in [0.2, 0.25) is 0 Å². The zero-order valence-corrected chi connectivity index (χ0v) is 12.3. The summed E-state index contributed by atoms with van der Waals surface area (Å²) in [4.78, 5) is 2.48. The molecule has 112 valence electrons. The third-order valence-corrected chi connectivity index (χ3v) is 3.93. The van der Waals surface area contributed by atoms with Gasteiger partial charge >= 0.3 is 0 Å². The van der Waals surface area contributed by atoms with Crippen LogP contribution in [0.2, 0.25) is 0 Å². The molecule has 3 N–H and O–H groups in total. The maximum Gasteiger partial charge on any atom is 0.167 e. The molecule has 1 saturated heterocycles. The van der Waals surface area contributed by atoms with E-state index < -0.39 is 5.82 Å². The normalized spacial score (nSPS) is 17.8. The Labute approximate surface area is 120 Å². The van der Waals surface area contributed by atoms with Crippen LogP contribution >= 0.6 is 0 Å². The average molecular weight is 281 g/mol. The maximum absolute atomic E-state index is 13.5. The van der Waals surface area contributed by atoms with Crippen molar-refractivity contribution in [2.24, 2.45) is 0 Å². The van der Waals surface area contributed by atoms with Crippen molar-refractivity contribution in [3.63, 3.8) is 0 Å². The Morgan fingerprint density at radius 3 is 2.70 bits per heavy atom. The summed E-state index contributed by atoms with van der Waals surface area (Å²) in [7, 11) is 1.45. The fourth-order valence-electron chi connectivity index (χ4n) is 2.62. The molecule has 1 aliphatic rings. The van der Waals surface area contributed by atoms with Gasteiger partial charge in [-0.15, -0.1) is 0 Å². The summed E-state index contributed by atoms with van der Waals surface area (Å²) in [6.45, 7) is 5.31. The maximum atomic E-state index is 13.5. The predicted octanol–water partition coefficient (Wildman–Crippen LogP) is 2.70. The monoisotopic (exact) mass is 281 g/mol. The van der Waals surface area contributed by atoms with E-state index in [9.17, 15) is 4.39 Å². The van der Waals surface area contributed by atoms with Crippen molar-refractivity contribution in [3.05, 3.63) is 17.9 Å². The fraction of sp³-hybridized carbons (Fsp3) is 0.600. The molecule has 1 fully saturated rings. The Balaban J connectivity index is 1.96. The molecule has 0 bridgehead atoms. The average Bonchev–Trinajstić information content (AvgIpc) is 2.47.